The van der Waals surface area contributed by atoms with Gasteiger partial charge in [0.1, 0.15) is 6.33 Å². The summed E-state index contributed by atoms with van der Waals surface area (Å²) in [4.78, 5) is 26.3. The van der Waals surface area contributed by atoms with Crippen LogP contribution in [-0.4, -0.2) is 56.6 Å². The van der Waals surface area contributed by atoms with Crippen molar-refractivity contribution in [3.8, 4) is 5.69 Å². The van der Waals surface area contributed by atoms with E-state index in [0.717, 1.165) is 55.8 Å². The molecule has 1 fully saturated rings. The third-order valence-electron chi connectivity index (χ3n) is 5.97. The van der Waals surface area contributed by atoms with Crippen LogP contribution in [0.5, 0.6) is 0 Å². The first-order chi connectivity index (χ1) is 15.5. The van der Waals surface area contributed by atoms with E-state index in [1.165, 1.54) is 11.9 Å². The highest BCUT2D eigenvalue weighted by Gasteiger charge is 2.22. The molecule has 2 amide bonds. The van der Waals surface area contributed by atoms with Gasteiger partial charge in [-0.15, -0.1) is 5.10 Å². The summed E-state index contributed by atoms with van der Waals surface area (Å²) in [6.07, 6.45) is 4.13. The number of hydrogen-bond acceptors (Lipinski definition) is 6. The smallest absolute Gasteiger partial charge is 0.255 e. The number of carbonyl (C=O) groups is 2. The van der Waals surface area contributed by atoms with E-state index < -0.39 is 0 Å². The summed E-state index contributed by atoms with van der Waals surface area (Å²) >= 11 is 0. The number of likely N-dealkylation sites (tertiary alicyclic amines) is 1. The maximum absolute atomic E-state index is 12.7. The average Bonchev–Trinajstić information content (AvgIpc) is 3.33. The number of carbonyl (C=O) groups excluding carboxylic acids is 2. The zero-order valence-corrected chi connectivity index (χ0v) is 18.1. The lowest BCUT2D eigenvalue weighted by Crippen LogP contribution is -2.39. The van der Waals surface area contributed by atoms with Crippen molar-refractivity contribution in [2.45, 2.75) is 26.2 Å². The molecule has 1 saturated heterocycles. The summed E-state index contributed by atoms with van der Waals surface area (Å²) in [5, 5.41) is 14.1. The van der Waals surface area contributed by atoms with Crippen LogP contribution in [0.3, 0.4) is 0 Å². The molecular weight excluding hydrogens is 406 g/mol. The quantitative estimate of drug-likeness (QED) is 0.588. The molecule has 0 unspecified atom stereocenters. The predicted octanol–water partition coefficient (Wildman–Crippen LogP) is 1.96. The van der Waals surface area contributed by atoms with Gasteiger partial charge in [-0.25, -0.2) is 4.68 Å². The van der Waals surface area contributed by atoms with Crippen molar-refractivity contribution in [3.63, 3.8) is 0 Å². The number of primary amides is 1. The van der Waals surface area contributed by atoms with Gasteiger partial charge in [0.2, 0.25) is 5.91 Å². The van der Waals surface area contributed by atoms with Gasteiger partial charge < -0.3 is 16.0 Å². The van der Waals surface area contributed by atoms with Gasteiger partial charge in [-0.3, -0.25) is 9.59 Å². The molecule has 1 aromatic heterocycles. The summed E-state index contributed by atoms with van der Waals surface area (Å²) in [6, 6.07) is 13.3. The second kappa shape index (κ2) is 9.69. The van der Waals surface area contributed by atoms with Crippen LogP contribution in [0.1, 0.15) is 34.3 Å². The molecule has 1 aliphatic rings. The van der Waals surface area contributed by atoms with Crippen LogP contribution >= 0.6 is 0 Å². The molecule has 4 rings (SSSR count). The maximum Gasteiger partial charge on any atom is 0.255 e. The van der Waals surface area contributed by atoms with Crippen molar-refractivity contribution >= 4 is 17.5 Å². The molecule has 0 aliphatic carbocycles. The normalized spacial score (nSPS) is 14.9. The van der Waals surface area contributed by atoms with Crippen molar-refractivity contribution in [3.05, 3.63) is 65.5 Å². The lowest BCUT2D eigenvalue weighted by atomic mass is 9.96. The Morgan fingerprint density at radius 3 is 2.50 bits per heavy atom. The molecule has 2 heterocycles. The third-order valence-corrected chi connectivity index (χ3v) is 5.97. The van der Waals surface area contributed by atoms with Gasteiger partial charge in [-0.2, -0.15) is 0 Å². The number of rotatable bonds is 7. The van der Waals surface area contributed by atoms with E-state index in [-0.39, 0.29) is 17.7 Å². The van der Waals surface area contributed by atoms with Crippen LogP contribution in [0.4, 0.5) is 5.69 Å². The fourth-order valence-electron chi connectivity index (χ4n) is 4.01. The molecule has 2 aromatic carbocycles. The van der Waals surface area contributed by atoms with Crippen LogP contribution in [0.15, 0.2) is 48.8 Å². The molecule has 0 radical (unpaired) electrons. The molecule has 3 aromatic rings. The number of piperidine rings is 1. The Kier molecular flexibility index (Phi) is 6.55. The van der Waals surface area contributed by atoms with E-state index >= 15 is 0 Å². The van der Waals surface area contributed by atoms with Gasteiger partial charge in [0.05, 0.1) is 5.69 Å². The standard InChI is InChI=1S/C23H27N7O2/c1-16-14-19(4-7-21(16)30-15-25-27-28-30)23(32)26-20-5-2-17(3-6-20)8-11-29-12-9-18(10-13-29)22(24)31/h2-7,14-15,18H,8-13H2,1H3,(H2,24,31)(H,26,32). The van der Waals surface area contributed by atoms with Crippen molar-refractivity contribution in [2.24, 2.45) is 11.7 Å². The highest BCUT2D eigenvalue weighted by Crippen LogP contribution is 2.19. The first kappa shape index (κ1) is 21.6. The molecule has 32 heavy (non-hydrogen) atoms. The fraction of sp³-hybridized carbons (Fsp3) is 0.348. The molecule has 0 atom stereocenters. The lowest BCUT2D eigenvalue weighted by Gasteiger charge is -2.30. The largest absolute Gasteiger partial charge is 0.369 e. The molecule has 166 valence electrons. The zero-order chi connectivity index (χ0) is 22.5. The van der Waals surface area contributed by atoms with Crippen molar-refractivity contribution in [1.82, 2.24) is 25.1 Å². The lowest BCUT2D eigenvalue weighted by molar-refractivity contribution is -0.123. The Labute approximate surface area is 186 Å². The Morgan fingerprint density at radius 2 is 1.88 bits per heavy atom. The topological polar surface area (TPSA) is 119 Å². The minimum atomic E-state index is -0.180. The fourth-order valence-corrected chi connectivity index (χ4v) is 4.01. The van der Waals surface area contributed by atoms with Gasteiger partial charge in [0, 0.05) is 23.7 Å². The van der Waals surface area contributed by atoms with Crippen LogP contribution in [0.2, 0.25) is 0 Å². The number of benzene rings is 2. The molecule has 9 nitrogen and oxygen atoms in total. The van der Waals surface area contributed by atoms with E-state index in [1.807, 2.05) is 43.3 Å². The highest BCUT2D eigenvalue weighted by atomic mass is 16.2. The predicted molar refractivity (Wildman–Crippen MR) is 120 cm³/mol. The van der Waals surface area contributed by atoms with E-state index in [2.05, 4.69) is 25.7 Å². The van der Waals surface area contributed by atoms with E-state index in [0.29, 0.717) is 5.56 Å². The maximum atomic E-state index is 12.7. The Bertz CT molecular complexity index is 1070. The number of nitrogens with one attached hydrogen (secondary N) is 1. The van der Waals surface area contributed by atoms with Gasteiger partial charge >= 0.3 is 0 Å². The van der Waals surface area contributed by atoms with Crippen LogP contribution in [0, 0.1) is 12.8 Å². The monoisotopic (exact) mass is 433 g/mol. The van der Waals surface area contributed by atoms with Gasteiger partial charge in [-0.05, 0) is 91.2 Å². The molecule has 0 bridgehead atoms. The van der Waals surface area contributed by atoms with E-state index in [1.54, 1.807) is 10.7 Å². The second-order valence-corrected chi connectivity index (χ2v) is 8.17. The van der Waals surface area contributed by atoms with Gasteiger partial charge in [0.25, 0.3) is 5.91 Å². The SMILES string of the molecule is Cc1cc(C(=O)Nc2ccc(CCN3CCC(C(N)=O)CC3)cc2)ccc1-n1cnnn1. The zero-order valence-electron chi connectivity index (χ0n) is 18.1. The Morgan fingerprint density at radius 1 is 1.12 bits per heavy atom. The summed E-state index contributed by atoms with van der Waals surface area (Å²) in [5.74, 6) is -0.323. The highest BCUT2D eigenvalue weighted by molar-refractivity contribution is 6.04. The number of aromatic nitrogens is 4. The number of hydrogen-bond donors (Lipinski definition) is 2. The van der Waals surface area contributed by atoms with Gasteiger partial charge in [-0.1, -0.05) is 12.1 Å². The third kappa shape index (κ3) is 5.17. The summed E-state index contributed by atoms with van der Waals surface area (Å²) in [5.41, 5.74) is 9.67. The van der Waals surface area contributed by atoms with E-state index in [9.17, 15) is 9.59 Å². The van der Waals surface area contributed by atoms with Crippen molar-refractivity contribution < 1.29 is 9.59 Å². The molecule has 9 heteroatoms. The Hall–Kier alpha value is -3.59. The van der Waals surface area contributed by atoms with E-state index in [4.69, 9.17) is 5.73 Å². The second-order valence-electron chi connectivity index (χ2n) is 8.17. The number of tetrazole rings is 1. The van der Waals surface area contributed by atoms with Gasteiger partial charge in [0.15, 0.2) is 0 Å². The number of aryl methyl sites for hydroxylation is 1. The first-order valence-electron chi connectivity index (χ1n) is 10.8. The summed E-state index contributed by atoms with van der Waals surface area (Å²) in [6.45, 7) is 4.68. The number of nitrogens with two attached hydrogens (primary N) is 1. The summed E-state index contributed by atoms with van der Waals surface area (Å²) < 4.78 is 1.57. The number of nitrogens with zero attached hydrogens (tertiary/aromatic N) is 5. The van der Waals surface area contributed by atoms with Crippen LogP contribution in [-0.2, 0) is 11.2 Å². The molecular formula is C23H27N7O2. The molecule has 1 aliphatic heterocycles. The first-order valence-corrected chi connectivity index (χ1v) is 10.8. The molecule has 0 saturated carbocycles. The number of amides is 2. The molecule has 0 spiro atoms. The van der Waals surface area contributed by atoms with Crippen molar-refractivity contribution in [2.75, 3.05) is 25.0 Å². The van der Waals surface area contributed by atoms with Crippen LogP contribution in [0.25, 0.3) is 5.69 Å². The molecule has 3 N–H and O–H groups in total. The number of anilines is 1. The average molecular weight is 434 g/mol. The summed E-state index contributed by atoms with van der Waals surface area (Å²) in [7, 11) is 0. The Balaban J connectivity index is 1.29. The van der Waals surface area contributed by atoms with Crippen molar-refractivity contribution in [1.29, 1.82) is 0 Å². The van der Waals surface area contributed by atoms with Crippen LogP contribution < -0.4 is 11.1 Å². The minimum absolute atomic E-state index is 0.0220. The minimum Gasteiger partial charge on any atom is -0.369 e.